The fourth-order valence-corrected chi connectivity index (χ4v) is 1.69. The number of methoxy groups -OCH3 is 1. The van der Waals surface area contributed by atoms with Crippen LogP contribution in [0, 0.1) is 0 Å². The Bertz CT molecular complexity index is 230. The van der Waals surface area contributed by atoms with E-state index in [9.17, 15) is 4.79 Å². The zero-order chi connectivity index (χ0) is 7.40. The first-order valence-electron chi connectivity index (χ1n) is 2.62. The molecule has 0 aromatic heterocycles. The van der Waals surface area contributed by atoms with Crippen LogP contribution < -0.4 is 0 Å². The molecule has 0 fully saturated rings. The second kappa shape index (κ2) is 3.60. The van der Waals surface area contributed by atoms with Gasteiger partial charge in [0.05, 0.1) is 12.7 Å². The fourth-order valence-electron chi connectivity index (χ4n) is 0.491. The molecule has 0 saturated carbocycles. The smallest absolute Gasteiger partial charge is 0.339 e. The first-order valence-corrected chi connectivity index (χ1v) is 4.83. The van der Waals surface area contributed by atoms with Gasteiger partial charge in [0.1, 0.15) is 0 Å². The highest BCUT2D eigenvalue weighted by molar-refractivity contribution is 14.2. The molecule has 1 heterocycles. The van der Waals surface area contributed by atoms with Gasteiger partial charge in [0, 0.05) is 27.2 Å². The predicted octanol–water partition coefficient (Wildman–Crippen LogP) is 0.858. The first kappa shape index (κ1) is 7.59. The largest absolute Gasteiger partial charge is 0.465 e. The molecule has 0 N–H and O–H groups in total. The van der Waals surface area contributed by atoms with Gasteiger partial charge in [-0.15, -0.1) is 0 Å². The first-order chi connectivity index (χ1) is 4.84. The molecular weight excluding hydrogens is 245 g/mol. The number of esters is 1. The van der Waals surface area contributed by atoms with Gasteiger partial charge in [-0.1, -0.05) is 0 Å². The zero-order valence-corrected chi connectivity index (χ0v) is 7.53. The maximum Gasteiger partial charge on any atom is 0.339 e. The molecule has 0 atom stereocenters. The summed E-state index contributed by atoms with van der Waals surface area (Å²) in [6, 6.07) is 0. The Morgan fingerprint density at radius 3 is 3.10 bits per heavy atom. The van der Waals surface area contributed by atoms with Crippen molar-refractivity contribution in [2.75, 3.05) is 7.11 Å². The molecule has 1 aliphatic heterocycles. The summed E-state index contributed by atoms with van der Waals surface area (Å²) in [6.45, 7) is 0. The summed E-state index contributed by atoms with van der Waals surface area (Å²) >= 11 is -0.183. The summed E-state index contributed by atoms with van der Waals surface area (Å²) in [6.07, 6.45) is 3.32. The molecule has 10 heavy (non-hydrogen) atoms. The lowest BCUT2D eigenvalue weighted by atomic mass is 10.3. The van der Waals surface area contributed by atoms with Crippen LogP contribution in [0.4, 0.5) is 0 Å². The predicted molar refractivity (Wildman–Crippen MR) is 48.7 cm³/mol. The molecule has 1 rings (SSSR count). The van der Waals surface area contributed by atoms with E-state index in [1.165, 1.54) is 7.11 Å². The summed E-state index contributed by atoms with van der Waals surface area (Å²) in [5.41, 5.74) is 0.536. The topological polar surface area (TPSA) is 38.7 Å². The van der Waals surface area contributed by atoms with Crippen molar-refractivity contribution in [1.29, 1.82) is 0 Å². The van der Waals surface area contributed by atoms with Gasteiger partial charge >= 0.3 is 5.97 Å². The van der Waals surface area contributed by atoms with E-state index in [0.29, 0.717) is 5.57 Å². The van der Waals surface area contributed by atoms with E-state index in [1.807, 2.05) is 4.01 Å². The van der Waals surface area contributed by atoms with E-state index >= 15 is 0 Å². The third-order valence-corrected chi connectivity index (χ3v) is 2.25. The Balaban J connectivity index is 2.74. The summed E-state index contributed by atoms with van der Waals surface area (Å²) in [5, 5.41) is 0. The summed E-state index contributed by atoms with van der Waals surface area (Å²) in [4.78, 5) is 10.8. The van der Waals surface area contributed by atoms with Crippen molar-refractivity contribution in [3.8, 4) is 0 Å². The van der Waals surface area contributed by atoms with E-state index in [4.69, 9.17) is 0 Å². The van der Waals surface area contributed by atoms with Gasteiger partial charge in [-0.05, 0) is 10.1 Å². The lowest BCUT2D eigenvalue weighted by Crippen LogP contribution is -2.06. The molecule has 0 aromatic carbocycles. The number of nitrogens with zero attached hydrogens (tertiary/aromatic N) is 1. The maximum absolute atomic E-state index is 10.8. The standard InChI is InChI=1S/C6H6INO2/c1-10-6(9)5-2-3-7-8-4-5/h2-4H,1H3. The quantitative estimate of drug-likeness (QED) is 0.512. The minimum absolute atomic E-state index is 0.183. The number of ether oxygens (including phenoxy) is 1. The van der Waals surface area contributed by atoms with Crippen molar-refractivity contribution in [2.24, 2.45) is 3.21 Å². The molecule has 0 unspecified atom stereocenters. The van der Waals surface area contributed by atoms with Gasteiger partial charge in [0.2, 0.25) is 0 Å². The van der Waals surface area contributed by atoms with Gasteiger partial charge in [-0.25, -0.2) is 8.00 Å². The van der Waals surface area contributed by atoms with Gasteiger partial charge in [0.15, 0.2) is 0 Å². The van der Waals surface area contributed by atoms with Crippen molar-refractivity contribution in [3.05, 3.63) is 11.6 Å². The number of carbonyl (C=O) groups excluding carboxylic acids is 1. The fraction of sp³-hybridized carbons (Fsp3) is 0.167. The minimum Gasteiger partial charge on any atom is -0.465 e. The van der Waals surface area contributed by atoms with Gasteiger partial charge in [0.25, 0.3) is 0 Å². The highest BCUT2D eigenvalue weighted by Gasteiger charge is 2.05. The average Bonchev–Trinajstić information content (AvgIpc) is 2.05. The second-order valence-electron chi connectivity index (χ2n) is 1.56. The van der Waals surface area contributed by atoms with E-state index in [2.05, 4.69) is 7.94 Å². The zero-order valence-electron chi connectivity index (χ0n) is 5.37. The molecular formula is C6H6INO2. The second-order valence-corrected chi connectivity index (χ2v) is 3.40. The molecule has 0 radical (unpaired) electrons. The van der Waals surface area contributed by atoms with Crippen LogP contribution in [-0.4, -0.2) is 23.3 Å². The number of halogens is 1. The van der Waals surface area contributed by atoms with E-state index in [0.717, 1.165) is 0 Å². The van der Waals surface area contributed by atoms with Crippen LogP contribution in [0.2, 0.25) is 0 Å². The summed E-state index contributed by atoms with van der Waals surface area (Å²) in [5.74, 6) is -0.316. The molecule has 0 aliphatic carbocycles. The van der Waals surface area contributed by atoms with E-state index in [1.54, 1.807) is 12.3 Å². The Morgan fingerprint density at radius 1 is 1.80 bits per heavy atom. The van der Waals surface area contributed by atoms with Crippen molar-refractivity contribution in [3.63, 3.8) is 0 Å². The van der Waals surface area contributed by atoms with Crippen LogP contribution in [0.5, 0.6) is 0 Å². The van der Waals surface area contributed by atoms with Crippen LogP contribution in [0.3, 0.4) is 0 Å². The number of allylic oxidation sites excluding steroid dienone is 1. The van der Waals surface area contributed by atoms with Gasteiger partial charge < -0.3 is 4.74 Å². The van der Waals surface area contributed by atoms with E-state index < -0.39 is 0 Å². The van der Waals surface area contributed by atoms with Crippen molar-refractivity contribution in [1.82, 2.24) is 0 Å². The van der Waals surface area contributed by atoms with Crippen LogP contribution in [0.25, 0.3) is 0 Å². The van der Waals surface area contributed by atoms with E-state index in [-0.39, 0.29) is 27.0 Å². The third-order valence-electron chi connectivity index (χ3n) is 0.964. The minimum atomic E-state index is -0.316. The highest BCUT2D eigenvalue weighted by atomic mass is 127. The number of carbonyl (C=O) groups is 1. The van der Waals surface area contributed by atoms with Crippen molar-refractivity contribution in [2.45, 2.75) is 0 Å². The monoisotopic (exact) mass is 251 g/mol. The average molecular weight is 251 g/mol. The van der Waals surface area contributed by atoms with Crippen molar-refractivity contribution < 1.29 is 9.53 Å². The molecule has 0 aromatic rings. The Kier molecular flexibility index (Phi) is 2.73. The van der Waals surface area contributed by atoms with Crippen LogP contribution in [0.15, 0.2) is 14.9 Å². The lowest BCUT2D eigenvalue weighted by Gasteiger charge is -1.97. The molecule has 0 bridgehead atoms. The highest BCUT2D eigenvalue weighted by Crippen LogP contribution is 2.05. The van der Waals surface area contributed by atoms with Crippen LogP contribution in [-0.2, 0) is 9.53 Å². The Labute approximate surface area is 68.9 Å². The number of hydrogen-bond acceptors (Lipinski definition) is 3. The summed E-state index contributed by atoms with van der Waals surface area (Å²) < 4.78 is 10.4. The molecule has 3 nitrogen and oxygen atoms in total. The van der Waals surface area contributed by atoms with Gasteiger partial charge in [-0.3, -0.25) is 0 Å². The third kappa shape index (κ3) is 1.73. The van der Waals surface area contributed by atoms with Crippen LogP contribution >= 0.6 is 21.0 Å². The SMILES string of the molecule is COC(=O)C1=CC=IN=C1. The number of rotatable bonds is 1. The maximum atomic E-state index is 10.8. The molecule has 0 saturated heterocycles. The number of hydrogen-bond donors (Lipinski definition) is 0. The summed E-state index contributed by atoms with van der Waals surface area (Å²) in [7, 11) is 1.36. The molecule has 54 valence electrons. The van der Waals surface area contributed by atoms with Crippen LogP contribution in [0.1, 0.15) is 0 Å². The Morgan fingerprint density at radius 2 is 2.60 bits per heavy atom. The normalized spacial score (nSPS) is 15.5. The van der Waals surface area contributed by atoms with Gasteiger partial charge in [-0.2, -0.15) is 0 Å². The Hall–Kier alpha value is -0.520. The molecule has 0 spiro atoms. The molecule has 1 aliphatic rings. The lowest BCUT2D eigenvalue weighted by molar-refractivity contribution is -0.135. The molecule has 0 amide bonds. The molecule has 4 heteroatoms. The van der Waals surface area contributed by atoms with Crippen molar-refractivity contribution >= 4 is 37.2 Å².